The third-order valence-corrected chi connectivity index (χ3v) is 2.95. The van der Waals surface area contributed by atoms with Gasteiger partial charge in [0.1, 0.15) is 11.8 Å². The van der Waals surface area contributed by atoms with Crippen molar-refractivity contribution in [2.45, 2.75) is 13.0 Å². The average molecular weight is 268 g/mol. The summed E-state index contributed by atoms with van der Waals surface area (Å²) in [6, 6.07) is 4.70. The molecule has 0 bridgehead atoms. The van der Waals surface area contributed by atoms with E-state index in [2.05, 4.69) is 15.6 Å². The molecule has 0 aliphatic carbocycles. The van der Waals surface area contributed by atoms with Crippen molar-refractivity contribution in [2.75, 3.05) is 13.7 Å². The lowest BCUT2D eigenvalue weighted by Gasteiger charge is -2.14. The molecular weight excluding hydrogens is 254 g/mol. The summed E-state index contributed by atoms with van der Waals surface area (Å²) in [7, 11) is 1.54. The van der Waals surface area contributed by atoms with Gasteiger partial charge in [-0.25, -0.2) is 0 Å². The first-order valence-electron chi connectivity index (χ1n) is 5.61. The van der Waals surface area contributed by atoms with Gasteiger partial charge in [-0.2, -0.15) is 0 Å². The summed E-state index contributed by atoms with van der Waals surface area (Å²) in [5.41, 5.74) is 0.625. The molecule has 2 N–H and O–H groups in total. The van der Waals surface area contributed by atoms with Crippen molar-refractivity contribution in [1.29, 1.82) is 0 Å². The van der Waals surface area contributed by atoms with E-state index in [9.17, 15) is 4.79 Å². The highest BCUT2D eigenvalue weighted by Gasteiger charge is 2.33. The highest BCUT2D eigenvalue weighted by Crippen LogP contribution is 2.33. The van der Waals surface area contributed by atoms with E-state index in [0.29, 0.717) is 28.8 Å². The molecule has 2 rings (SSSR count). The first kappa shape index (κ1) is 12.7. The van der Waals surface area contributed by atoms with Crippen LogP contribution in [0.15, 0.2) is 23.2 Å². The van der Waals surface area contributed by atoms with Gasteiger partial charge < -0.3 is 10.1 Å². The van der Waals surface area contributed by atoms with Gasteiger partial charge in [0.15, 0.2) is 5.96 Å². The molecule has 0 saturated carbocycles. The summed E-state index contributed by atoms with van der Waals surface area (Å²) in [6.07, 6.45) is 0. The fraction of sp³-hybridized carbons (Fsp3) is 0.333. The molecule has 1 aromatic rings. The van der Waals surface area contributed by atoms with E-state index < -0.39 is 6.04 Å². The molecule has 1 unspecified atom stereocenters. The standard InChI is InChI=1S/C12H14ClN3O2/c1-3-14-12-15-10(11(17)16-12)9-7(13)5-4-6-8(9)18-2/h4-6,10H,3H2,1-2H3,(H2,14,15,16,17). The number of guanidine groups is 1. The van der Waals surface area contributed by atoms with Crippen LogP contribution in [-0.2, 0) is 4.79 Å². The van der Waals surface area contributed by atoms with E-state index in [1.54, 1.807) is 25.3 Å². The van der Waals surface area contributed by atoms with Gasteiger partial charge in [0.05, 0.1) is 12.1 Å². The fourth-order valence-corrected chi connectivity index (χ4v) is 2.12. The molecule has 96 valence electrons. The second-order valence-corrected chi connectivity index (χ2v) is 4.15. The van der Waals surface area contributed by atoms with Crippen molar-refractivity contribution >= 4 is 23.5 Å². The Bertz CT molecular complexity index is 502. The largest absolute Gasteiger partial charge is 0.496 e. The van der Waals surface area contributed by atoms with Crippen LogP contribution < -0.4 is 15.4 Å². The monoisotopic (exact) mass is 267 g/mol. The summed E-state index contributed by atoms with van der Waals surface area (Å²) in [5.74, 6) is 0.857. The average Bonchev–Trinajstić information content (AvgIpc) is 2.70. The van der Waals surface area contributed by atoms with E-state index in [1.165, 1.54) is 0 Å². The van der Waals surface area contributed by atoms with Crippen LogP contribution >= 0.6 is 11.6 Å². The molecule has 0 spiro atoms. The van der Waals surface area contributed by atoms with Gasteiger partial charge >= 0.3 is 0 Å². The molecule has 5 nitrogen and oxygen atoms in total. The van der Waals surface area contributed by atoms with Gasteiger partial charge in [-0.1, -0.05) is 17.7 Å². The Kier molecular flexibility index (Phi) is 3.72. The third-order valence-electron chi connectivity index (χ3n) is 2.62. The van der Waals surface area contributed by atoms with Crippen LogP contribution in [-0.4, -0.2) is 25.5 Å². The molecule has 1 atom stereocenters. The van der Waals surface area contributed by atoms with Crippen molar-refractivity contribution in [3.8, 4) is 5.75 Å². The van der Waals surface area contributed by atoms with Crippen LogP contribution in [0.4, 0.5) is 0 Å². The number of rotatable bonds is 3. The number of amides is 1. The van der Waals surface area contributed by atoms with Gasteiger partial charge in [0, 0.05) is 12.1 Å². The van der Waals surface area contributed by atoms with Crippen LogP contribution in [0.25, 0.3) is 0 Å². The molecule has 1 aliphatic rings. The van der Waals surface area contributed by atoms with E-state index in [1.807, 2.05) is 6.92 Å². The van der Waals surface area contributed by atoms with E-state index >= 15 is 0 Å². The van der Waals surface area contributed by atoms with Gasteiger partial charge in [-0.05, 0) is 19.1 Å². The van der Waals surface area contributed by atoms with Crippen LogP contribution in [0.1, 0.15) is 18.5 Å². The second kappa shape index (κ2) is 5.27. The van der Waals surface area contributed by atoms with Crippen molar-refractivity contribution in [3.05, 3.63) is 28.8 Å². The van der Waals surface area contributed by atoms with Crippen LogP contribution in [0, 0.1) is 0 Å². The van der Waals surface area contributed by atoms with E-state index in [-0.39, 0.29) is 5.91 Å². The minimum absolute atomic E-state index is 0.186. The molecule has 1 fully saturated rings. The molecule has 1 saturated heterocycles. The molecule has 1 aromatic carbocycles. The van der Waals surface area contributed by atoms with Gasteiger partial charge in [0.25, 0.3) is 5.91 Å². The quantitative estimate of drug-likeness (QED) is 0.872. The zero-order chi connectivity index (χ0) is 13.1. The number of methoxy groups -OCH3 is 1. The zero-order valence-electron chi connectivity index (χ0n) is 10.2. The smallest absolute Gasteiger partial charge is 0.254 e. The van der Waals surface area contributed by atoms with Gasteiger partial charge in [-0.3, -0.25) is 15.1 Å². The predicted molar refractivity (Wildman–Crippen MR) is 70.0 cm³/mol. The first-order chi connectivity index (χ1) is 8.67. The van der Waals surface area contributed by atoms with Gasteiger partial charge in [-0.15, -0.1) is 0 Å². The number of hydrogen-bond acceptors (Lipinski definition) is 3. The lowest BCUT2D eigenvalue weighted by atomic mass is 10.1. The Morgan fingerprint density at radius 2 is 2.28 bits per heavy atom. The number of hydrogen-bond donors (Lipinski definition) is 2. The SMILES string of the molecule is CCN=C1NC(=O)C(c2c(Cl)cccc2OC)N1. The van der Waals surface area contributed by atoms with Crippen LogP contribution in [0.3, 0.4) is 0 Å². The van der Waals surface area contributed by atoms with Crippen molar-refractivity contribution in [2.24, 2.45) is 4.99 Å². The molecule has 6 heteroatoms. The summed E-state index contributed by atoms with van der Waals surface area (Å²) in [4.78, 5) is 16.0. The topological polar surface area (TPSA) is 62.7 Å². The minimum Gasteiger partial charge on any atom is -0.496 e. The summed E-state index contributed by atoms with van der Waals surface area (Å²) >= 11 is 6.14. The Labute approximate surface area is 110 Å². The number of ether oxygens (including phenoxy) is 1. The maximum absolute atomic E-state index is 11.9. The van der Waals surface area contributed by atoms with Crippen molar-refractivity contribution in [3.63, 3.8) is 0 Å². The van der Waals surface area contributed by atoms with E-state index in [4.69, 9.17) is 16.3 Å². The number of nitrogens with one attached hydrogen (secondary N) is 2. The molecule has 1 amide bonds. The number of benzene rings is 1. The molecular formula is C12H14ClN3O2. The summed E-state index contributed by atoms with van der Waals surface area (Å²) in [5, 5.41) is 6.15. The molecule has 1 heterocycles. The molecule has 18 heavy (non-hydrogen) atoms. The van der Waals surface area contributed by atoms with Gasteiger partial charge in [0.2, 0.25) is 0 Å². The highest BCUT2D eigenvalue weighted by atomic mass is 35.5. The normalized spacial score (nSPS) is 20.7. The number of halogens is 1. The number of nitrogens with zero attached hydrogens (tertiary/aromatic N) is 1. The van der Waals surface area contributed by atoms with Crippen molar-refractivity contribution in [1.82, 2.24) is 10.6 Å². The van der Waals surface area contributed by atoms with E-state index in [0.717, 1.165) is 0 Å². The summed E-state index contributed by atoms with van der Waals surface area (Å²) < 4.78 is 5.24. The highest BCUT2D eigenvalue weighted by molar-refractivity contribution is 6.32. The zero-order valence-corrected chi connectivity index (χ0v) is 10.9. The third kappa shape index (κ3) is 2.26. The Hall–Kier alpha value is -1.75. The Morgan fingerprint density at radius 1 is 1.50 bits per heavy atom. The lowest BCUT2D eigenvalue weighted by Crippen LogP contribution is -2.25. The number of aliphatic imine (C=N–C) groups is 1. The molecule has 0 aromatic heterocycles. The number of carbonyl (C=O) groups excluding carboxylic acids is 1. The molecule has 1 aliphatic heterocycles. The minimum atomic E-state index is -0.570. The fourth-order valence-electron chi connectivity index (χ4n) is 1.85. The van der Waals surface area contributed by atoms with Crippen LogP contribution in [0.5, 0.6) is 5.75 Å². The van der Waals surface area contributed by atoms with Crippen LogP contribution in [0.2, 0.25) is 5.02 Å². The van der Waals surface area contributed by atoms with Crippen molar-refractivity contribution < 1.29 is 9.53 Å². The summed E-state index contributed by atoms with van der Waals surface area (Å²) in [6.45, 7) is 2.49. The lowest BCUT2D eigenvalue weighted by molar-refractivity contribution is -0.120. The maximum atomic E-state index is 11.9. The maximum Gasteiger partial charge on any atom is 0.254 e. The predicted octanol–water partition coefficient (Wildman–Crippen LogP) is 1.48. The first-order valence-corrected chi connectivity index (χ1v) is 5.99. The Morgan fingerprint density at radius 3 is 2.94 bits per heavy atom. The Balaban J connectivity index is 2.38. The number of carbonyl (C=O) groups is 1. The second-order valence-electron chi connectivity index (χ2n) is 3.75. The molecule has 0 radical (unpaired) electrons.